The predicted octanol–water partition coefficient (Wildman–Crippen LogP) is 2.08. The number of carbonyl (C=O) groups excluding carboxylic acids is 2. The molecular formula is C16H21N3O3S. The number of rotatable bonds is 7. The molecule has 0 spiro atoms. The molecule has 0 saturated carbocycles. The average molecular weight is 335 g/mol. The highest BCUT2D eigenvalue weighted by Gasteiger charge is 2.12. The van der Waals surface area contributed by atoms with E-state index in [1.54, 1.807) is 30.3 Å². The highest BCUT2D eigenvalue weighted by molar-refractivity contribution is 7.80. The van der Waals surface area contributed by atoms with E-state index in [4.69, 9.17) is 17.0 Å². The van der Waals surface area contributed by atoms with E-state index in [0.717, 1.165) is 12.8 Å². The fraction of sp³-hybridized carbons (Fsp3) is 0.312. The lowest BCUT2D eigenvalue weighted by Crippen LogP contribution is -2.48. The molecule has 0 radical (unpaired) electrons. The number of benzene rings is 1. The predicted molar refractivity (Wildman–Crippen MR) is 93.0 cm³/mol. The third-order valence-electron chi connectivity index (χ3n) is 2.79. The Morgan fingerprint density at radius 3 is 2.74 bits per heavy atom. The van der Waals surface area contributed by atoms with Crippen LogP contribution < -0.4 is 20.9 Å². The van der Waals surface area contributed by atoms with Gasteiger partial charge in [-0.25, -0.2) is 0 Å². The monoisotopic (exact) mass is 335 g/mol. The Kier molecular flexibility index (Phi) is 8.38. The van der Waals surface area contributed by atoms with Crippen molar-refractivity contribution in [2.75, 3.05) is 6.61 Å². The van der Waals surface area contributed by atoms with Gasteiger partial charge in [-0.05, 0) is 30.8 Å². The zero-order valence-electron chi connectivity index (χ0n) is 13.1. The van der Waals surface area contributed by atoms with Gasteiger partial charge in [0.2, 0.25) is 5.91 Å². The molecular weight excluding hydrogens is 314 g/mol. The lowest BCUT2D eigenvalue weighted by Gasteiger charge is -2.13. The molecule has 0 atom stereocenters. The lowest BCUT2D eigenvalue weighted by molar-refractivity contribution is -0.119. The van der Waals surface area contributed by atoms with Gasteiger partial charge in [-0.2, -0.15) is 0 Å². The zero-order chi connectivity index (χ0) is 17.1. The number of amides is 2. The highest BCUT2D eigenvalue weighted by atomic mass is 32.1. The van der Waals surface area contributed by atoms with E-state index in [-0.39, 0.29) is 11.0 Å². The summed E-state index contributed by atoms with van der Waals surface area (Å²) in [7, 11) is 0. The van der Waals surface area contributed by atoms with Gasteiger partial charge in [-0.3, -0.25) is 20.4 Å². The Balaban J connectivity index is 2.52. The smallest absolute Gasteiger partial charge is 0.273 e. The summed E-state index contributed by atoms with van der Waals surface area (Å²) >= 11 is 4.95. The van der Waals surface area contributed by atoms with Crippen molar-refractivity contribution in [2.45, 2.75) is 26.2 Å². The van der Waals surface area contributed by atoms with Crippen molar-refractivity contribution in [1.82, 2.24) is 16.2 Å². The molecule has 0 bridgehead atoms. The van der Waals surface area contributed by atoms with E-state index in [2.05, 4.69) is 22.7 Å². The topological polar surface area (TPSA) is 79.5 Å². The second-order valence-electron chi connectivity index (χ2n) is 4.66. The summed E-state index contributed by atoms with van der Waals surface area (Å²) in [4.78, 5) is 23.7. The molecule has 0 saturated heterocycles. The summed E-state index contributed by atoms with van der Waals surface area (Å²) in [5.74, 6) is -0.173. The van der Waals surface area contributed by atoms with Crippen LogP contribution in [0.2, 0.25) is 0 Å². The van der Waals surface area contributed by atoms with E-state index in [1.807, 2.05) is 6.92 Å². The number of ether oxygens (including phenoxy) is 1. The zero-order valence-corrected chi connectivity index (χ0v) is 13.9. The maximum atomic E-state index is 12.1. The van der Waals surface area contributed by atoms with Crippen LogP contribution in [-0.4, -0.2) is 23.5 Å². The molecule has 1 aromatic carbocycles. The van der Waals surface area contributed by atoms with Gasteiger partial charge in [0, 0.05) is 6.42 Å². The molecule has 0 heterocycles. The van der Waals surface area contributed by atoms with E-state index in [1.165, 1.54) is 0 Å². The first-order valence-corrected chi connectivity index (χ1v) is 7.72. The number of carbonyl (C=O) groups is 2. The van der Waals surface area contributed by atoms with Gasteiger partial charge in [0.05, 0.1) is 5.56 Å². The molecule has 3 N–H and O–H groups in total. The van der Waals surface area contributed by atoms with E-state index < -0.39 is 5.91 Å². The van der Waals surface area contributed by atoms with Crippen LogP contribution in [0.1, 0.15) is 36.5 Å². The molecule has 0 aromatic heterocycles. The first-order chi connectivity index (χ1) is 11.1. The van der Waals surface area contributed by atoms with Crippen LogP contribution in [0, 0.1) is 0 Å². The summed E-state index contributed by atoms with van der Waals surface area (Å²) in [5, 5.41) is 2.54. The summed E-state index contributed by atoms with van der Waals surface area (Å²) < 4.78 is 5.41. The van der Waals surface area contributed by atoms with Gasteiger partial charge in [-0.1, -0.05) is 38.1 Å². The van der Waals surface area contributed by atoms with Crippen LogP contribution in [0.4, 0.5) is 0 Å². The Labute approximate surface area is 141 Å². The summed E-state index contributed by atoms with van der Waals surface area (Å²) in [5.41, 5.74) is 5.27. The fourth-order valence-electron chi connectivity index (χ4n) is 1.67. The molecule has 0 fully saturated rings. The number of hydrogen-bond donors (Lipinski definition) is 3. The fourth-order valence-corrected chi connectivity index (χ4v) is 1.83. The largest absolute Gasteiger partial charge is 0.489 e. The molecule has 0 aliphatic heterocycles. The minimum atomic E-state index is -0.421. The van der Waals surface area contributed by atoms with Crippen molar-refractivity contribution in [3.05, 3.63) is 42.5 Å². The Morgan fingerprint density at radius 2 is 2.04 bits per heavy atom. The third kappa shape index (κ3) is 6.92. The molecule has 1 aromatic rings. The number of hydrazine groups is 1. The second-order valence-corrected chi connectivity index (χ2v) is 5.06. The van der Waals surface area contributed by atoms with Crippen molar-refractivity contribution >= 4 is 29.1 Å². The molecule has 7 heteroatoms. The average Bonchev–Trinajstić information content (AvgIpc) is 2.56. The third-order valence-corrected chi connectivity index (χ3v) is 2.99. The maximum absolute atomic E-state index is 12.1. The van der Waals surface area contributed by atoms with Crippen LogP contribution in [0.5, 0.6) is 5.75 Å². The van der Waals surface area contributed by atoms with Gasteiger partial charge in [-0.15, -0.1) is 0 Å². The Bertz CT molecular complexity index is 575. The number of thiocarbonyl (C=S) groups is 1. The molecule has 23 heavy (non-hydrogen) atoms. The van der Waals surface area contributed by atoms with Crippen molar-refractivity contribution in [3.8, 4) is 5.75 Å². The molecule has 1 rings (SSSR count). The van der Waals surface area contributed by atoms with E-state index >= 15 is 0 Å². The number of para-hydroxylation sites is 1. The molecule has 6 nitrogen and oxygen atoms in total. The van der Waals surface area contributed by atoms with Crippen molar-refractivity contribution in [2.24, 2.45) is 0 Å². The highest BCUT2D eigenvalue weighted by Crippen LogP contribution is 2.17. The number of unbranched alkanes of at least 4 members (excludes halogenated alkanes) is 1. The molecule has 0 unspecified atom stereocenters. The Hall–Kier alpha value is -2.41. The van der Waals surface area contributed by atoms with Crippen LogP contribution in [0.3, 0.4) is 0 Å². The first-order valence-electron chi connectivity index (χ1n) is 7.31. The standard InChI is InChI=1S/C16H21N3O3S/c1-3-5-10-14(20)17-16(23)19-18-15(21)12-8-6-7-9-13(12)22-11-4-2/h4,6-9H,2-3,5,10-11H2,1H3,(H,18,21)(H2,17,19,20,23). The SMILES string of the molecule is C=CCOc1ccccc1C(=O)NNC(=S)NC(=O)CCCC. The summed E-state index contributed by atoms with van der Waals surface area (Å²) in [6.07, 6.45) is 3.69. The van der Waals surface area contributed by atoms with Crippen molar-refractivity contribution in [1.29, 1.82) is 0 Å². The van der Waals surface area contributed by atoms with E-state index in [0.29, 0.717) is 24.3 Å². The normalized spacial score (nSPS) is 9.61. The van der Waals surface area contributed by atoms with Gasteiger partial charge in [0.1, 0.15) is 12.4 Å². The van der Waals surface area contributed by atoms with Crippen LogP contribution in [-0.2, 0) is 4.79 Å². The second kappa shape index (κ2) is 10.3. The number of nitrogens with one attached hydrogen (secondary N) is 3. The lowest BCUT2D eigenvalue weighted by atomic mass is 10.2. The first kappa shape index (κ1) is 18.6. The quantitative estimate of drug-likeness (QED) is 0.404. The van der Waals surface area contributed by atoms with E-state index in [9.17, 15) is 9.59 Å². The Morgan fingerprint density at radius 1 is 1.30 bits per heavy atom. The van der Waals surface area contributed by atoms with Gasteiger partial charge < -0.3 is 10.1 Å². The van der Waals surface area contributed by atoms with Crippen LogP contribution in [0.15, 0.2) is 36.9 Å². The minimum absolute atomic E-state index is 0.0453. The summed E-state index contributed by atoms with van der Waals surface area (Å²) in [6.45, 7) is 5.85. The molecule has 0 aliphatic carbocycles. The molecule has 2 amide bonds. The van der Waals surface area contributed by atoms with Gasteiger partial charge >= 0.3 is 0 Å². The van der Waals surface area contributed by atoms with Crippen LogP contribution in [0.25, 0.3) is 0 Å². The van der Waals surface area contributed by atoms with Gasteiger partial charge in [0.15, 0.2) is 5.11 Å². The maximum Gasteiger partial charge on any atom is 0.273 e. The van der Waals surface area contributed by atoms with Gasteiger partial charge in [0.25, 0.3) is 5.91 Å². The minimum Gasteiger partial charge on any atom is -0.489 e. The number of hydrogen-bond acceptors (Lipinski definition) is 4. The van der Waals surface area contributed by atoms with Crippen LogP contribution >= 0.6 is 12.2 Å². The van der Waals surface area contributed by atoms with Crippen molar-refractivity contribution in [3.63, 3.8) is 0 Å². The van der Waals surface area contributed by atoms with Crippen molar-refractivity contribution < 1.29 is 14.3 Å². The summed E-state index contributed by atoms with van der Waals surface area (Å²) in [6, 6.07) is 6.79. The molecule has 124 valence electrons. The molecule has 0 aliphatic rings.